The zero-order valence-electron chi connectivity index (χ0n) is 21.2. The van der Waals surface area contributed by atoms with Crippen LogP contribution in [0.15, 0.2) is 107 Å². The standard InChI is InChI=1S/C29H24ClN3O6S/c1-2-38-27-18-20(8-17-26(27)39-29(35)22-9-13-23(30)14-10-22)19-31-32-28(34)21-11-15-24(16-12-21)33-40(36,37)25-6-4-3-5-7-25/h3-19,33H,2H2,1H3,(H,32,34). The van der Waals surface area contributed by atoms with Gasteiger partial charge in [0, 0.05) is 16.3 Å². The SMILES string of the molecule is CCOc1cc(C=NNC(=O)c2ccc(NS(=O)(=O)c3ccccc3)cc2)ccc1OC(=O)c1ccc(Cl)cc1. The maximum Gasteiger partial charge on any atom is 0.343 e. The Bertz CT molecular complexity index is 1630. The predicted octanol–water partition coefficient (Wildman–Crippen LogP) is 5.52. The van der Waals surface area contributed by atoms with Crippen LogP contribution in [0.3, 0.4) is 0 Å². The Labute approximate surface area is 236 Å². The number of ether oxygens (including phenoxy) is 2. The summed E-state index contributed by atoms with van der Waals surface area (Å²) in [7, 11) is -3.74. The molecule has 0 heterocycles. The highest BCUT2D eigenvalue weighted by molar-refractivity contribution is 7.92. The zero-order valence-corrected chi connectivity index (χ0v) is 22.8. The third-order valence-corrected chi connectivity index (χ3v) is 7.03. The lowest BCUT2D eigenvalue weighted by molar-refractivity contribution is 0.0728. The first-order chi connectivity index (χ1) is 19.2. The van der Waals surface area contributed by atoms with Crippen LogP contribution in [-0.4, -0.2) is 33.1 Å². The van der Waals surface area contributed by atoms with Crippen molar-refractivity contribution in [1.82, 2.24) is 5.43 Å². The molecule has 0 saturated heterocycles. The van der Waals surface area contributed by atoms with E-state index in [2.05, 4.69) is 15.2 Å². The van der Waals surface area contributed by atoms with E-state index >= 15 is 0 Å². The summed E-state index contributed by atoms with van der Waals surface area (Å²) in [6, 6.07) is 25.0. The second kappa shape index (κ2) is 12.9. The first-order valence-corrected chi connectivity index (χ1v) is 13.9. The number of amides is 1. The molecule has 0 atom stereocenters. The number of nitrogens with zero attached hydrogens (tertiary/aromatic N) is 1. The van der Waals surface area contributed by atoms with Crippen LogP contribution in [0, 0.1) is 0 Å². The number of hydrogen-bond donors (Lipinski definition) is 2. The number of nitrogens with one attached hydrogen (secondary N) is 2. The van der Waals surface area contributed by atoms with E-state index in [1.165, 1.54) is 42.6 Å². The normalized spacial score (nSPS) is 11.2. The van der Waals surface area contributed by atoms with E-state index < -0.39 is 21.9 Å². The number of anilines is 1. The number of carbonyl (C=O) groups excluding carboxylic acids is 2. The summed E-state index contributed by atoms with van der Waals surface area (Å²) in [4.78, 5) is 25.1. The lowest BCUT2D eigenvalue weighted by Gasteiger charge is -2.11. The van der Waals surface area contributed by atoms with Gasteiger partial charge in [-0.3, -0.25) is 9.52 Å². The quantitative estimate of drug-likeness (QED) is 0.111. The monoisotopic (exact) mass is 577 g/mol. The molecule has 0 spiro atoms. The minimum atomic E-state index is -3.74. The van der Waals surface area contributed by atoms with Crippen LogP contribution in [-0.2, 0) is 10.0 Å². The second-order valence-electron chi connectivity index (χ2n) is 8.23. The van der Waals surface area contributed by atoms with Gasteiger partial charge in [-0.25, -0.2) is 18.6 Å². The van der Waals surface area contributed by atoms with Crippen LogP contribution >= 0.6 is 11.6 Å². The minimum Gasteiger partial charge on any atom is -0.490 e. The molecule has 9 nitrogen and oxygen atoms in total. The molecule has 4 aromatic rings. The van der Waals surface area contributed by atoms with Crippen LogP contribution < -0.4 is 19.6 Å². The van der Waals surface area contributed by atoms with Gasteiger partial charge in [-0.1, -0.05) is 29.8 Å². The Hall–Kier alpha value is -4.67. The summed E-state index contributed by atoms with van der Waals surface area (Å²) in [5.74, 6) is -0.503. The van der Waals surface area contributed by atoms with Gasteiger partial charge in [-0.15, -0.1) is 0 Å². The molecule has 4 rings (SSSR count). The molecule has 0 aliphatic heterocycles. The molecule has 4 aromatic carbocycles. The fourth-order valence-corrected chi connectivity index (χ4v) is 4.64. The molecule has 0 bridgehead atoms. The van der Waals surface area contributed by atoms with Crippen molar-refractivity contribution < 1.29 is 27.5 Å². The second-order valence-corrected chi connectivity index (χ2v) is 10.3. The Balaban J connectivity index is 1.37. The number of sulfonamides is 1. The van der Waals surface area contributed by atoms with E-state index in [1.807, 2.05) is 0 Å². The third-order valence-electron chi connectivity index (χ3n) is 5.38. The third kappa shape index (κ3) is 7.46. The molecule has 204 valence electrons. The van der Waals surface area contributed by atoms with E-state index in [0.717, 1.165) is 0 Å². The highest BCUT2D eigenvalue weighted by atomic mass is 35.5. The number of esters is 1. The topological polar surface area (TPSA) is 123 Å². The number of hydrogen-bond acceptors (Lipinski definition) is 7. The van der Waals surface area contributed by atoms with Crippen molar-refractivity contribution in [3.63, 3.8) is 0 Å². The molecule has 0 aliphatic carbocycles. The average molecular weight is 578 g/mol. The maximum absolute atomic E-state index is 12.5. The van der Waals surface area contributed by atoms with Crippen LogP contribution in [0.4, 0.5) is 5.69 Å². The van der Waals surface area contributed by atoms with E-state index in [4.69, 9.17) is 21.1 Å². The predicted molar refractivity (Wildman–Crippen MR) is 153 cm³/mol. The molecule has 0 saturated carbocycles. The maximum atomic E-state index is 12.5. The Kier molecular flexibility index (Phi) is 9.15. The van der Waals surface area contributed by atoms with E-state index in [0.29, 0.717) is 34.2 Å². The van der Waals surface area contributed by atoms with Crippen molar-refractivity contribution in [2.45, 2.75) is 11.8 Å². The number of benzene rings is 4. The van der Waals surface area contributed by atoms with Gasteiger partial charge in [-0.2, -0.15) is 5.10 Å². The molecule has 0 aromatic heterocycles. The Morgan fingerprint density at radius 1 is 0.875 bits per heavy atom. The molecule has 11 heteroatoms. The van der Waals surface area contributed by atoms with Gasteiger partial charge >= 0.3 is 5.97 Å². The Morgan fingerprint density at radius 3 is 2.23 bits per heavy atom. The minimum absolute atomic E-state index is 0.131. The lowest BCUT2D eigenvalue weighted by atomic mass is 10.2. The first kappa shape index (κ1) is 28.3. The van der Waals surface area contributed by atoms with E-state index in [9.17, 15) is 18.0 Å². The summed E-state index contributed by atoms with van der Waals surface area (Å²) in [6.07, 6.45) is 1.41. The van der Waals surface area contributed by atoms with Crippen molar-refractivity contribution in [3.8, 4) is 11.5 Å². The van der Waals surface area contributed by atoms with Gasteiger partial charge < -0.3 is 9.47 Å². The van der Waals surface area contributed by atoms with Crippen molar-refractivity contribution in [3.05, 3.63) is 119 Å². The van der Waals surface area contributed by atoms with Gasteiger partial charge in [0.15, 0.2) is 11.5 Å². The summed E-state index contributed by atoms with van der Waals surface area (Å²) >= 11 is 5.87. The largest absolute Gasteiger partial charge is 0.490 e. The van der Waals surface area contributed by atoms with Gasteiger partial charge in [0.1, 0.15) is 0 Å². The fraction of sp³-hybridized carbons (Fsp3) is 0.0690. The highest BCUT2D eigenvalue weighted by Crippen LogP contribution is 2.29. The molecule has 0 fully saturated rings. The summed E-state index contributed by atoms with van der Waals surface area (Å²) in [5, 5.41) is 4.48. The highest BCUT2D eigenvalue weighted by Gasteiger charge is 2.15. The lowest BCUT2D eigenvalue weighted by Crippen LogP contribution is -2.18. The van der Waals surface area contributed by atoms with Crippen LogP contribution in [0.5, 0.6) is 11.5 Å². The van der Waals surface area contributed by atoms with E-state index in [-0.39, 0.29) is 16.2 Å². The molecule has 1 amide bonds. The average Bonchev–Trinajstić information content (AvgIpc) is 2.95. The van der Waals surface area contributed by atoms with Gasteiger partial charge in [0.05, 0.1) is 23.3 Å². The van der Waals surface area contributed by atoms with Crippen molar-refractivity contribution in [2.24, 2.45) is 5.10 Å². The van der Waals surface area contributed by atoms with Crippen LogP contribution in [0.25, 0.3) is 0 Å². The summed E-state index contributed by atoms with van der Waals surface area (Å²) in [6.45, 7) is 2.13. The van der Waals surface area contributed by atoms with Crippen molar-refractivity contribution in [1.29, 1.82) is 0 Å². The molecular formula is C29H24ClN3O6S. The summed E-state index contributed by atoms with van der Waals surface area (Å²) < 4.78 is 38.5. The fourth-order valence-electron chi connectivity index (χ4n) is 3.44. The summed E-state index contributed by atoms with van der Waals surface area (Å²) in [5.41, 5.74) is 3.93. The van der Waals surface area contributed by atoms with Crippen molar-refractivity contribution in [2.75, 3.05) is 11.3 Å². The number of rotatable bonds is 10. The molecule has 0 aliphatic rings. The van der Waals surface area contributed by atoms with Gasteiger partial charge in [0.2, 0.25) is 0 Å². The van der Waals surface area contributed by atoms with Crippen LogP contribution in [0.2, 0.25) is 5.02 Å². The van der Waals surface area contributed by atoms with Gasteiger partial charge in [0.25, 0.3) is 15.9 Å². The van der Waals surface area contributed by atoms with Gasteiger partial charge in [-0.05, 0) is 91.3 Å². The Morgan fingerprint density at radius 2 is 1.55 bits per heavy atom. The number of hydrazone groups is 1. The molecule has 0 unspecified atom stereocenters. The molecule has 40 heavy (non-hydrogen) atoms. The van der Waals surface area contributed by atoms with Crippen LogP contribution in [0.1, 0.15) is 33.2 Å². The van der Waals surface area contributed by atoms with Crippen molar-refractivity contribution >= 4 is 45.4 Å². The smallest absolute Gasteiger partial charge is 0.343 e. The zero-order chi connectivity index (χ0) is 28.5. The molecule has 0 radical (unpaired) electrons. The molecule has 2 N–H and O–H groups in total. The first-order valence-electron chi connectivity index (χ1n) is 12.0. The number of halogens is 1. The number of carbonyl (C=O) groups is 2. The van der Waals surface area contributed by atoms with E-state index in [1.54, 1.807) is 67.6 Å². The molecular weight excluding hydrogens is 554 g/mol.